The molecule has 3 unspecified atom stereocenters. The molecule has 1 saturated heterocycles. The highest BCUT2D eigenvalue weighted by molar-refractivity contribution is 5.83. The lowest BCUT2D eigenvalue weighted by Gasteiger charge is -2.39. The first-order valence-corrected chi connectivity index (χ1v) is 5.18. The van der Waals surface area contributed by atoms with Gasteiger partial charge in [0.05, 0.1) is 0 Å². The monoisotopic (exact) mass is 183 g/mol. The second-order valence-corrected chi connectivity index (χ2v) is 4.24. The van der Waals surface area contributed by atoms with Crippen molar-refractivity contribution in [3.63, 3.8) is 0 Å². The molecule has 1 aliphatic carbocycles. The highest BCUT2D eigenvalue weighted by atomic mass is 16.3. The maximum Gasteiger partial charge on any atom is 0.137 e. The molecule has 74 valence electrons. The number of aliphatic hydroxyl groups excluding tert-OH is 1. The van der Waals surface area contributed by atoms with E-state index < -0.39 is 0 Å². The Morgan fingerprint density at radius 2 is 2.38 bits per heavy atom. The molecule has 0 aromatic rings. The molecule has 1 heterocycles. The number of piperidine rings is 1. The zero-order valence-electron chi connectivity index (χ0n) is 7.83. The molecule has 3 atom stereocenters. The largest absolute Gasteiger partial charge is 0.396 e. The van der Waals surface area contributed by atoms with Crippen molar-refractivity contribution in [2.24, 2.45) is 11.8 Å². The minimum atomic E-state index is 0.0848. The summed E-state index contributed by atoms with van der Waals surface area (Å²) in [5.41, 5.74) is 0. The molecule has 1 aliphatic heterocycles. The van der Waals surface area contributed by atoms with Crippen molar-refractivity contribution in [3.8, 4) is 0 Å². The van der Waals surface area contributed by atoms with Crippen LogP contribution in [-0.2, 0) is 4.79 Å². The molecule has 2 N–H and O–H groups in total. The average Bonchev–Trinajstić information content (AvgIpc) is 2.12. The van der Waals surface area contributed by atoms with Gasteiger partial charge < -0.3 is 10.4 Å². The Balaban J connectivity index is 2.04. The van der Waals surface area contributed by atoms with Gasteiger partial charge in [-0.05, 0) is 31.7 Å². The van der Waals surface area contributed by atoms with Crippen molar-refractivity contribution >= 4 is 5.78 Å². The SMILES string of the molecule is O=C1CC2CCNC(C2)C1CCO. The fraction of sp³-hybridized carbons (Fsp3) is 0.900. The average molecular weight is 183 g/mol. The van der Waals surface area contributed by atoms with E-state index in [1.54, 1.807) is 0 Å². The van der Waals surface area contributed by atoms with Crippen molar-refractivity contribution in [2.45, 2.75) is 31.7 Å². The van der Waals surface area contributed by atoms with Gasteiger partial charge in [0.2, 0.25) is 0 Å². The Hall–Kier alpha value is -0.410. The number of nitrogens with one attached hydrogen (secondary N) is 1. The lowest BCUT2D eigenvalue weighted by molar-refractivity contribution is -0.128. The summed E-state index contributed by atoms with van der Waals surface area (Å²) in [7, 11) is 0. The van der Waals surface area contributed by atoms with Crippen LogP contribution in [-0.4, -0.2) is 30.1 Å². The van der Waals surface area contributed by atoms with Crippen LogP contribution in [0.5, 0.6) is 0 Å². The highest BCUT2D eigenvalue weighted by Gasteiger charge is 2.37. The van der Waals surface area contributed by atoms with Gasteiger partial charge in [-0.25, -0.2) is 0 Å². The van der Waals surface area contributed by atoms with Crippen LogP contribution >= 0.6 is 0 Å². The number of fused-ring (bicyclic) bond motifs is 2. The Morgan fingerprint density at radius 3 is 3.15 bits per heavy atom. The molecule has 13 heavy (non-hydrogen) atoms. The topological polar surface area (TPSA) is 49.3 Å². The Labute approximate surface area is 78.5 Å². The summed E-state index contributed by atoms with van der Waals surface area (Å²) >= 11 is 0. The molecule has 0 aromatic carbocycles. The molecule has 2 rings (SSSR count). The molecule has 2 bridgehead atoms. The lowest BCUT2D eigenvalue weighted by Crippen LogP contribution is -2.50. The van der Waals surface area contributed by atoms with Crippen molar-refractivity contribution in [1.82, 2.24) is 5.32 Å². The Bertz CT molecular complexity index is 205. The summed E-state index contributed by atoms with van der Waals surface area (Å²) in [6, 6.07) is 0.354. The minimum absolute atomic E-state index is 0.0848. The summed E-state index contributed by atoms with van der Waals surface area (Å²) in [5.74, 6) is 1.07. The standard InChI is InChI=1S/C10H17NO2/c12-4-2-8-9-5-7(1-3-11-9)6-10(8)13/h7-9,11-12H,1-6H2. The summed E-state index contributed by atoms with van der Waals surface area (Å²) in [6.45, 7) is 1.18. The van der Waals surface area contributed by atoms with Gasteiger partial charge in [0.1, 0.15) is 5.78 Å². The van der Waals surface area contributed by atoms with Crippen LogP contribution in [0.2, 0.25) is 0 Å². The molecule has 0 amide bonds. The molecular formula is C10H17NO2. The lowest BCUT2D eigenvalue weighted by atomic mass is 9.73. The van der Waals surface area contributed by atoms with Gasteiger partial charge in [-0.2, -0.15) is 0 Å². The summed E-state index contributed by atoms with van der Waals surface area (Å²) in [5, 5.41) is 12.2. The molecular weight excluding hydrogens is 166 g/mol. The van der Waals surface area contributed by atoms with Gasteiger partial charge in [-0.1, -0.05) is 0 Å². The molecule has 0 spiro atoms. The van der Waals surface area contributed by atoms with Gasteiger partial charge >= 0.3 is 0 Å². The van der Waals surface area contributed by atoms with Gasteiger partial charge in [-0.15, -0.1) is 0 Å². The highest BCUT2D eigenvalue weighted by Crippen LogP contribution is 2.32. The van der Waals surface area contributed by atoms with Crippen LogP contribution in [0.3, 0.4) is 0 Å². The van der Waals surface area contributed by atoms with Gasteiger partial charge in [-0.3, -0.25) is 4.79 Å². The van der Waals surface area contributed by atoms with Gasteiger partial charge in [0.15, 0.2) is 0 Å². The molecule has 1 saturated carbocycles. The third kappa shape index (κ3) is 1.76. The van der Waals surface area contributed by atoms with Crippen molar-refractivity contribution in [1.29, 1.82) is 0 Å². The van der Waals surface area contributed by atoms with Crippen molar-refractivity contribution in [3.05, 3.63) is 0 Å². The Kier molecular flexibility index (Phi) is 2.65. The van der Waals surface area contributed by atoms with Crippen LogP contribution in [0.4, 0.5) is 0 Å². The third-order valence-electron chi connectivity index (χ3n) is 3.38. The van der Waals surface area contributed by atoms with E-state index in [1.807, 2.05) is 0 Å². The van der Waals surface area contributed by atoms with E-state index in [2.05, 4.69) is 5.32 Å². The number of carbonyl (C=O) groups excluding carboxylic acids is 1. The van der Waals surface area contributed by atoms with Crippen molar-refractivity contribution in [2.75, 3.05) is 13.2 Å². The normalized spacial score (nSPS) is 39.2. The summed E-state index contributed by atoms with van der Waals surface area (Å²) in [6.07, 6.45) is 3.68. The molecule has 2 aliphatic rings. The fourth-order valence-corrected chi connectivity index (χ4v) is 2.69. The predicted molar refractivity (Wildman–Crippen MR) is 49.3 cm³/mol. The molecule has 0 aromatic heterocycles. The van der Waals surface area contributed by atoms with E-state index in [-0.39, 0.29) is 12.5 Å². The quantitative estimate of drug-likeness (QED) is 0.648. The fourth-order valence-electron chi connectivity index (χ4n) is 2.69. The maximum absolute atomic E-state index is 11.6. The molecule has 3 heteroatoms. The smallest absolute Gasteiger partial charge is 0.137 e. The van der Waals surface area contributed by atoms with Gasteiger partial charge in [0, 0.05) is 25.0 Å². The van der Waals surface area contributed by atoms with Crippen molar-refractivity contribution < 1.29 is 9.90 Å². The predicted octanol–water partition coefficient (Wildman–Crippen LogP) is 0.326. The first-order valence-electron chi connectivity index (χ1n) is 5.18. The summed E-state index contributed by atoms with van der Waals surface area (Å²) in [4.78, 5) is 11.6. The second kappa shape index (κ2) is 3.76. The van der Waals surface area contributed by atoms with E-state index in [1.165, 1.54) is 0 Å². The number of rotatable bonds is 2. The minimum Gasteiger partial charge on any atom is -0.396 e. The van der Waals surface area contributed by atoms with E-state index in [0.29, 0.717) is 24.2 Å². The van der Waals surface area contributed by atoms with E-state index in [9.17, 15) is 4.79 Å². The molecule has 2 fully saturated rings. The second-order valence-electron chi connectivity index (χ2n) is 4.24. The van der Waals surface area contributed by atoms with Crippen LogP contribution in [0.1, 0.15) is 25.7 Å². The maximum atomic E-state index is 11.6. The summed E-state index contributed by atoms with van der Waals surface area (Å²) < 4.78 is 0. The van der Waals surface area contributed by atoms with Crippen LogP contribution in [0.15, 0.2) is 0 Å². The van der Waals surface area contributed by atoms with E-state index in [0.717, 1.165) is 25.8 Å². The Morgan fingerprint density at radius 1 is 1.54 bits per heavy atom. The van der Waals surface area contributed by atoms with Crippen LogP contribution in [0.25, 0.3) is 0 Å². The zero-order chi connectivity index (χ0) is 9.26. The number of Topliss-reactive ketones (excluding diaryl/α,β-unsaturated/α-hetero) is 1. The van der Waals surface area contributed by atoms with Crippen LogP contribution in [0, 0.1) is 11.8 Å². The first kappa shape index (κ1) is 9.16. The number of aliphatic hydroxyl groups is 1. The number of carbonyl (C=O) groups is 1. The number of hydrogen-bond donors (Lipinski definition) is 2. The zero-order valence-corrected chi connectivity index (χ0v) is 7.83. The van der Waals surface area contributed by atoms with Gasteiger partial charge in [0.25, 0.3) is 0 Å². The third-order valence-corrected chi connectivity index (χ3v) is 3.38. The number of ketones is 1. The van der Waals surface area contributed by atoms with E-state index in [4.69, 9.17) is 5.11 Å². The van der Waals surface area contributed by atoms with E-state index >= 15 is 0 Å². The van der Waals surface area contributed by atoms with Crippen LogP contribution < -0.4 is 5.32 Å². The molecule has 3 nitrogen and oxygen atoms in total. The first-order chi connectivity index (χ1) is 6.31. The molecule has 0 radical (unpaired) electrons. The number of hydrogen-bond acceptors (Lipinski definition) is 3.